The molecule has 27 heavy (non-hydrogen) atoms. The second kappa shape index (κ2) is 8.10. The molecule has 1 atom stereocenters. The van der Waals surface area contributed by atoms with Gasteiger partial charge in [0.05, 0.1) is 31.4 Å². The number of amides is 1. The van der Waals surface area contributed by atoms with Gasteiger partial charge in [-0.05, 0) is 37.8 Å². The van der Waals surface area contributed by atoms with Crippen LogP contribution in [0.5, 0.6) is 11.5 Å². The van der Waals surface area contributed by atoms with E-state index in [1.54, 1.807) is 26.4 Å². The van der Waals surface area contributed by atoms with Crippen molar-refractivity contribution >= 4 is 21.4 Å². The van der Waals surface area contributed by atoms with Crippen molar-refractivity contribution < 1.29 is 18.7 Å². The Kier molecular flexibility index (Phi) is 6.47. The fraction of sp³-hybridized carbons (Fsp3) is 0.650. The summed E-state index contributed by atoms with van der Waals surface area (Å²) in [4.78, 5) is 15.2. The number of nitrogens with two attached hydrogens (primary N) is 1. The summed E-state index contributed by atoms with van der Waals surface area (Å²) in [6, 6.07) is 3.31. The lowest BCUT2D eigenvalue weighted by Gasteiger charge is -2.39. The van der Waals surface area contributed by atoms with Crippen molar-refractivity contribution in [2.75, 3.05) is 26.5 Å². The number of ether oxygens (including phenoxy) is 2. The molecule has 6 nitrogen and oxygen atoms in total. The van der Waals surface area contributed by atoms with E-state index < -0.39 is 5.60 Å². The lowest BCUT2D eigenvalue weighted by molar-refractivity contribution is 0.0179. The third kappa shape index (κ3) is 4.96. The second-order valence-electron chi connectivity index (χ2n) is 8.51. The first kappa shape index (κ1) is 21.6. The molecule has 1 aliphatic heterocycles. The summed E-state index contributed by atoms with van der Waals surface area (Å²) < 4.78 is 16.9. The maximum atomic E-state index is 13.3. The maximum absolute atomic E-state index is 13.3. The molecular weight excluding hydrogens is 360 g/mol. The molecule has 0 saturated carbocycles. The Morgan fingerprint density at radius 1 is 1.15 bits per heavy atom. The molecule has 1 aromatic carbocycles. The van der Waals surface area contributed by atoms with Crippen LogP contribution in [0.1, 0.15) is 57.8 Å². The zero-order valence-electron chi connectivity index (χ0n) is 17.5. The van der Waals surface area contributed by atoms with Gasteiger partial charge in [-0.15, -0.1) is 0 Å². The molecule has 1 amide bonds. The summed E-state index contributed by atoms with van der Waals surface area (Å²) in [7, 11) is 3.46. The second-order valence-corrected chi connectivity index (χ2v) is 10.4. The Morgan fingerprint density at radius 2 is 1.74 bits per heavy atom. The first-order chi connectivity index (χ1) is 12.5. The smallest absolute Gasteiger partial charge is 0.256 e. The Labute approximate surface area is 165 Å². The molecule has 0 aliphatic carbocycles. The quantitative estimate of drug-likeness (QED) is 0.592. The number of nitrogen functional groups attached to an aromatic ring is 1. The van der Waals surface area contributed by atoms with Crippen molar-refractivity contribution in [3.8, 4) is 11.5 Å². The minimum Gasteiger partial charge on any atom is -0.493 e. The van der Waals surface area contributed by atoms with Gasteiger partial charge in [0.15, 0.2) is 11.5 Å². The number of hydrogen-bond acceptors (Lipinski definition) is 5. The first-order valence-electron chi connectivity index (χ1n) is 9.28. The number of methoxy groups -OCH3 is 2. The van der Waals surface area contributed by atoms with Crippen LogP contribution in [0, 0.1) is 0 Å². The van der Waals surface area contributed by atoms with E-state index >= 15 is 0 Å². The van der Waals surface area contributed by atoms with E-state index in [4.69, 9.17) is 19.6 Å². The third-order valence-corrected chi connectivity index (χ3v) is 5.96. The van der Waals surface area contributed by atoms with E-state index in [0.717, 1.165) is 12.8 Å². The number of rotatable bonds is 6. The Bertz CT molecular complexity index is 685. The maximum Gasteiger partial charge on any atom is 0.256 e. The minimum absolute atomic E-state index is 0.00680. The van der Waals surface area contributed by atoms with Crippen LogP contribution < -0.4 is 15.2 Å². The number of carbonyl (C=O) groups excluding carboxylic acids is 1. The van der Waals surface area contributed by atoms with Crippen molar-refractivity contribution in [2.45, 2.75) is 64.1 Å². The molecule has 2 rings (SSSR count). The highest BCUT2D eigenvalue weighted by molar-refractivity contribution is 6.31. The Morgan fingerprint density at radius 3 is 2.30 bits per heavy atom. The molecule has 1 saturated heterocycles. The van der Waals surface area contributed by atoms with Gasteiger partial charge in [-0.2, -0.15) is 0 Å². The summed E-state index contributed by atoms with van der Waals surface area (Å²) >= 11 is 0. The Balaban J connectivity index is 2.27. The fourth-order valence-electron chi connectivity index (χ4n) is 3.32. The van der Waals surface area contributed by atoms with Gasteiger partial charge in [0.1, 0.15) is 0 Å². The van der Waals surface area contributed by atoms with Crippen LogP contribution in [0.15, 0.2) is 12.1 Å². The predicted molar refractivity (Wildman–Crippen MR) is 109 cm³/mol. The highest BCUT2D eigenvalue weighted by Gasteiger charge is 2.41. The highest BCUT2D eigenvalue weighted by Crippen LogP contribution is 2.36. The molecule has 1 unspecified atom stereocenters. The first-order valence-corrected chi connectivity index (χ1v) is 10.2. The van der Waals surface area contributed by atoms with Crippen LogP contribution in [-0.2, 0) is 4.43 Å². The standard InChI is InChI=1S/C20H32N2O4Si/c1-19(2,3)27-26-20(4,5)17-9-8-10-22(17)18(23)13-11-15(24-6)16(25-7)12-14(13)21/h11-12,17H,8-10,21H2,1-7H3. The normalized spacial score (nSPS) is 17.9. The van der Waals surface area contributed by atoms with E-state index in [1.807, 2.05) is 4.90 Å². The van der Waals surface area contributed by atoms with E-state index in [0.29, 0.717) is 39.1 Å². The summed E-state index contributed by atoms with van der Waals surface area (Å²) in [6.45, 7) is 11.3. The largest absolute Gasteiger partial charge is 0.493 e. The number of carbonyl (C=O) groups is 1. The van der Waals surface area contributed by atoms with Gasteiger partial charge in [-0.25, -0.2) is 0 Å². The molecule has 1 fully saturated rings. The van der Waals surface area contributed by atoms with E-state index in [1.165, 1.54) is 0 Å². The zero-order valence-corrected chi connectivity index (χ0v) is 18.5. The number of likely N-dealkylation sites (tertiary alicyclic amines) is 1. The summed E-state index contributed by atoms with van der Waals surface area (Å²) in [5.41, 5.74) is 6.55. The van der Waals surface area contributed by atoms with Gasteiger partial charge in [-0.3, -0.25) is 4.79 Å². The molecule has 0 aromatic heterocycles. The van der Waals surface area contributed by atoms with Gasteiger partial charge < -0.3 is 24.5 Å². The van der Waals surface area contributed by atoms with Crippen LogP contribution in [0.2, 0.25) is 5.04 Å². The van der Waals surface area contributed by atoms with Crippen LogP contribution in [0.3, 0.4) is 0 Å². The SMILES string of the molecule is COc1cc(N)c(C(=O)N2CCCC2C(C)(C)O[Si]C(C)(C)C)cc1OC. The number of anilines is 1. The van der Waals surface area contributed by atoms with Crippen LogP contribution in [-0.4, -0.2) is 53.0 Å². The van der Waals surface area contributed by atoms with E-state index in [-0.39, 0.29) is 17.0 Å². The number of benzene rings is 1. The van der Waals surface area contributed by atoms with E-state index in [2.05, 4.69) is 34.6 Å². The molecule has 150 valence electrons. The van der Waals surface area contributed by atoms with Crippen molar-refractivity contribution in [1.82, 2.24) is 4.90 Å². The average molecular weight is 393 g/mol. The van der Waals surface area contributed by atoms with E-state index in [9.17, 15) is 4.79 Å². The Hall–Kier alpha value is -1.73. The molecule has 1 aliphatic rings. The minimum atomic E-state index is -0.427. The molecule has 0 bridgehead atoms. The van der Waals surface area contributed by atoms with Gasteiger partial charge in [0, 0.05) is 18.3 Å². The number of nitrogens with zero attached hydrogens (tertiary/aromatic N) is 1. The van der Waals surface area contributed by atoms with Crippen LogP contribution in [0.25, 0.3) is 0 Å². The zero-order chi connectivity index (χ0) is 20.4. The molecule has 0 spiro atoms. The topological polar surface area (TPSA) is 74.0 Å². The van der Waals surface area contributed by atoms with Gasteiger partial charge in [-0.1, -0.05) is 20.8 Å². The average Bonchev–Trinajstić information content (AvgIpc) is 3.09. The van der Waals surface area contributed by atoms with Gasteiger partial charge in [0.2, 0.25) is 9.76 Å². The number of hydrogen-bond donors (Lipinski definition) is 1. The lowest BCUT2D eigenvalue weighted by atomic mass is 9.96. The molecule has 1 heterocycles. The van der Waals surface area contributed by atoms with Crippen LogP contribution >= 0.6 is 0 Å². The van der Waals surface area contributed by atoms with Crippen LogP contribution in [0.4, 0.5) is 5.69 Å². The highest BCUT2D eigenvalue weighted by atomic mass is 28.2. The van der Waals surface area contributed by atoms with Crippen molar-refractivity contribution in [1.29, 1.82) is 0 Å². The van der Waals surface area contributed by atoms with Gasteiger partial charge >= 0.3 is 0 Å². The monoisotopic (exact) mass is 392 g/mol. The van der Waals surface area contributed by atoms with Crippen molar-refractivity contribution in [2.24, 2.45) is 0 Å². The predicted octanol–water partition coefficient (Wildman–Crippen LogP) is 3.52. The molecule has 2 N–H and O–H groups in total. The molecule has 7 heteroatoms. The third-order valence-electron chi connectivity index (χ3n) is 4.72. The molecule has 2 radical (unpaired) electrons. The summed E-state index contributed by atoms with van der Waals surface area (Å²) in [5.74, 6) is 0.918. The molecule has 1 aromatic rings. The summed E-state index contributed by atoms with van der Waals surface area (Å²) in [5, 5.41) is 0.0957. The van der Waals surface area contributed by atoms with Crippen molar-refractivity contribution in [3.05, 3.63) is 17.7 Å². The fourth-order valence-corrected chi connectivity index (χ4v) is 4.03. The van der Waals surface area contributed by atoms with Gasteiger partial charge in [0.25, 0.3) is 5.91 Å². The summed E-state index contributed by atoms with van der Waals surface area (Å²) in [6.07, 6.45) is 1.87. The molecular formula is C20H32N2O4Si. The van der Waals surface area contributed by atoms with Crippen molar-refractivity contribution in [3.63, 3.8) is 0 Å². The lowest BCUT2D eigenvalue weighted by Crippen LogP contribution is -2.51.